The van der Waals surface area contributed by atoms with E-state index in [0.29, 0.717) is 31.7 Å². The fraction of sp³-hybridized carbons (Fsp3) is 0.565. The van der Waals surface area contributed by atoms with Crippen molar-refractivity contribution in [1.82, 2.24) is 16.0 Å². The predicted octanol–water partition coefficient (Wildman–Crippen LogP) is -2.09. The van der Waals surface area contributed by atoms with Crippen molar-refractivity contribution in [3.05, 3.63) is 35.9 Å². The number of hydrogen-bond acceptors (Lipinski definition) is 9. The van der Waals surface area contributed by atoms with Crippen molar-refractivity contribution in [2.75, 3.05) is 31.2 Å². The largest absolute Gasteiger partial charge is 0.480 e. The maximum absolute atomic E-state index is 13.1. The SMILES string of the molecule is NCCCC[C@H](NC(=O)[C@@H](N)CO)C(=O)N[C@@H](CSCCN)C(=O)N[C@@H](Cc1ccccc1)C(=O)O. The summed E-state index contributed by atoms with van der Waals surface area (Å²) in [5, 5.41) is 26.4. The van der Waals surface area contributed by atoms with Gasteiger partial charge in [0.1, 0.15) is 24.2 Å². The van der Waals surface area contributed by atoms with E-state index in [-0.39, 0.29) is 18.6 Å². The van der Waals surface area contributed by atoms with Gasteiger partial charge < -0.3 is 43.4 Å². The molecule has 3 amide bonds. The Bertz CT molecular complexity index is 831. The molecule has 12 nitrogen and oxygen atoms in total. The number of aliphatic carboxylic acids is 1. The highest BCUT2D eigenvalue weighted by molar-refractivity contribution is 7.99. The van der Waals surface area contributed by atoms with Crippen molar-refractivity contribution in [2.45, 2.75) is 49.9 Å². The van der Waals surface area contributed by atoms with Crippen LogP contribution in [-0.2, 0) is 25.6 Å². The Kier molecular flexibility index (Phi) is 15.4. The van der Waals surface area contributed by atoms with E-state index in [9.17, 15) is 24.3 Å². The molecule has 0 spiro atoms. The number of carboxylic acids is 1. The van der Waals surface area contributed by atoms with E-state index in [1.54, 1.807) is 30.3 Å². The second-order valence-electron chi connectivity index (χ2n) is 8.15. The number of aliphatic hydroxyl groups is 1. The minimum Gasteiger partial charge on any atom is -0.480 e. The molecule has 0 bridgehead atoms. The lowest BCUT2D eigenvalue weighted by Gasteiger charge is -2.25. The fourth-order valence-corrected chi connectivity index (χ4v) is 3.99. The zero-order valence-corrected chi connectivity index (χ0v) is 21.0. The predicted molar refractivity (Wildman–Crippen MR) is 138 cm³/mol. The lowest BCUT2D eigenvalue weighted by Crippen LogP contribution is -2.58. The van der Waals surface area contributed by atoms with Crippen molar-refractivity contribution < 1.29 is 29.4 Å². The van der Waals surface area contributed by atoms with E-state index < -0.39 is 54.5 Å². The average Bonchev–Trinajstić information content (AvgIpc) is 2.87. The summed E-state index contributed by atoms with van der Waals surface area (Å²) in [6.07, 6.45) is 1.44. The highest BCUT2D eigenvalue weighted by atomic mass is 32.2. The van der Waals surface area contributed by atoms with Crippen molar-refractivity contribution in [3.63, 3.8) is 0 Å². The molecule has 0 unspecified atom stereocenters. The second kappa shape index (κ2) is 17.7. The van der Waals surface area contributed by atoms with Crippen LogP contribution in [-0.4, -0.2) is 89.3 Å². The van der Waals surface area contributed by atoms with E-state index >= 15 is 0 Å². The Labute approximate surface area is 215 Å². The third kappa shape index (κ3) is 11.8. The summed E-state index contributed by atoms with van der Waals surface area (Å²) in [5.41, 5.74) is 17.3. The van der Waals surface area contributed by atoms with E-state index in [0.717, 1.165) is 5.56 Å². The first-order chi connectivity index (χ1) is 17.2. The smallest absolute Gasteiger partial charge is 0.326 e. The minimum absolute atomic E-state index is 0.0648. The van der Waals surface area contributed by atoms with Crippen molar-refractivity contribution in [3.8, 4) is 0 Å². The number of carbonyl (C=O) groups is 4. The van der Waals surface area contributed by atoms with Crippen LogP contribution in [0.3, 0.4) is 0 Å². The Morgan fingerprint density at radius 1 is 0.861 bits per heavy atom. The van der Waals surface area contributed by atoms with E-state index in [1.165, 1.54) is 11.8 Å². The molecule has 0 aliphatic rings. The molecular formula is C23H38N6O6S. The monoisotopic (exact) mass is 526 g/mol. The number of aliphatic hydroxyl groups excluding tert-OH is 1. The van der Waals surface area contributed by atoms with Crippen LogP contribution in [0.1, 0.15) is 24.8 Å². The van der Waals surface area contributed by atoms with Gasteiger partial charge in [0.05, 0.1) is 6.61 Å². The van der Waals surface area contributed by atoms with Crippen LogP contribution < -0.4 is 33.2 Å². The van der Waals surface area contributed by atoms with E-state index in [2.05, 4.69) is 16.0 Å². The van der Waals surface area contributed by atoms with Gasteiger partial charge in [0.2, 0.25) is 17.7 Å². The van der Waals surface area contributed by atoms with Crippen LogP contribution >= 0.6 is 11.8 Å². The van der Waals surface area contributed by atoms with Crippen LogP contribution in [0.2, 0.25) is 0 Å². The first kappa shape index (κ1) is 31.3. The van der Waals surface area contributed by atoms with Crippen LogP contribution in [0.25, 0.3) is 0 Å². The summed E-state index contributed by atoms with van der Waals surface area (Å²) in [4.78, 5) is 50.1. The molecule has 11 N–H and O–H groups in total. The number of benzene rings is 1. The number of carboxylic acid groups (broad SMARTS) is 1. The molecular weight excluding hydrogens is 488 g/mol. The molecule has 4 atom stereocenters. The van der Waals surface area contributed by atoms with Gasteiger partial charge in [0, 0.05) is 24.5 Å². The molecule has 1 rings (SSSR count). The molecule has 0 aliphatic heterocycles. The number of thioether (sulfide) groups is 1. The standard InChI is InChI=1S/C23H38N6O6S/c24-9-5-4-8-17(27-20(31)16(26)13-30)21(32)29-19(14-36-11-10-25)22(33)28-18(23(34)35)12-15-6-2-1-3-7-15/h1-3,6-7,16-19,30H,4-5,8-14,24-26H2,(H,27,31)(H,28,33)(H,29,32)(H,34,35)/t16-,17-,18-,19-/m0/s1. The molecule has 36 heavy (non-hydrogen) atoms. The lowest BCUT2D eigenvalue weighted by molar-refractivity contribution is -0.142. The number of nitrogens with one attached hydrogen (secondary N) is 3. The number of nitrogens with two attached hydrogens (primary N) is 3. The number of rotatable bonds is 18. The number of unbranched alkanes of at least 4 members (excludes halogenated alkanes) is 1. The Balaban J connectivity index is 2.98. The molecule has 0 saturated carbocycles. The topological polar surface area (TPSA) is 223 Å². The number of carbonyl (C=O) groups excluding carboxylic acids is 3. The average molecular weight is 527 g/mol. The van der Waals surface area contributed by atoms with Crippen LogP contribution in [0.15, 0.2) is 30.3 Å². The second-order valence-corrected chi connectivity index (χ2v) is 9.30. The fourth-order valence-electron chi connectivity index (χ4n) is 3.19. The molecule has 0 fully saturated rings. The molecule has 0 heterocycles. The van der Waals surface area contributed by atoms with Crippen molar-refractivity contribution >= 4 is 35.5 Å². The van der Waals surface area contributed by atoms with E-state index in [1.807, 2.05) is 0 Å². The molecule has 1 aromatic rings. The van der Waals surface area contributed by atoms with Crippen LogP contribution in [0.5, 0.6) is 0 Å². The summed E-state index contributed by atoms with van der Waals surface area (Å²) in [6.45, 7) is 0.161. The van der Waals surface area contributed by atoms with Crippen molar-refractivity contribution in [1.29, 1.82) is 0 Å². The number of amides is 3. The van der Waals surface area contributed by atoms with Gasteiger partial charge in [-0.25, -0.2) is 4.79 Å². The van der Waals surface area contributed by atoms with Gasteiger partial charge in [-0.15, -0.1) is 0 Å². The normalized spacial score (nSPS) is 14.2. The third-order valence-corrected chi connectivity index (χ3v) is 6.28. The maximum atomic E-state index is 13.1. The maximum Gasteiger partial charge on any atom is 0.326 e. The van der Waals surface area contributed by atoms with Gasteiger partial charge in [-0.2, -0.15) is 11.8 Å². The first-order valence-corrected chi connectivity index (χ1v) is 12.9. The molecule has 1 aromatic carbocycles. The Hall–Kier alpha value is -2.71. The quantitative estimate of drug-likeness (QED) is 0.0973. The van der Waals surface area contributed by atoms with Gasteiger partial charge in [-0.3, -0.25) is 14.4 Å². The summed E-state index contributed by atoms with van der Waals surface area (Å²) in [6, 6.07) is 4.34. The summed E-state index contributed by atoms with van der Waals surface area (Å²) in [7, 11) is 0. The molecule has 0 radical (unpaired) electrons. The number of hydrogen-bond donors (Lipinski definition) is 8. The molecule has 0 aliphatic carbocycles. The van der Waals surface area contributed by atoms with Gasteiger partial charge in [-0.1, -0.05) is 30.3 Å². The molecule has 202 valence electrons. The summed E-state index contributed by atoms with van der Waals surface area (Å²) in [5.74, 6) is -2.56. The summed E-state index contributed by atoms with van der Waals surface area (Å²) >= 11 is 1.32. The first-order valence-electron chi connectivity index (χ1n) is 11.8. The highest BCUT2D eigenvalue weighted by Gasteiger charge is 2.30. The van der Waals surface area contributed by atoms with Gasteiger partial charge >= 0.3 is 5.97 Å². The Morgan fingerprint density at radius 2 is 1.47 bits per heavy atom. The Morgan fingerprint density at radius 3 is 2.06 bits per heavy atom. The zero-order valence-electron chi connectivity index (χ0n) is 20.2. The molecule has 0 saturated heterocycles. The van der Waals surface area contributed by atoms with Gasteiger partial charge in [0.15, 0.2) is 0 Å². The summed E-state index contributed by atoms with van der Waals surface area (Å²) < 4.78 is 0. The van der Waals surface area contributed by atoms with Gasteiger partial charge in [-0.05, 0) is 31.4 Å². The highest BCUT2D eigenvalue weighted by Crippen LogP contribution is 2.08. The lowest BCUT2D eigenvalue weighted by atomic mass is 10.1. The zero-order chi connectivity index (χ0) is 26.9. The van der Waals surface area contributed by atoms with Crippen LogP contribution in [0.4, 0.5) is 0 Å². The van der Waals surface area contributed by atoms with Crippen molar-refractivity contribution in [2.24, 2.45) is 17.2 Å². The van der Waals surface area contributed by atoms with E-state index in [4.69, 9.17) is 22.3 Å². The molecule has 13 heteroatoms. The van der Waals surface area contributed by atoms with Gasteiger partial charge in [0.25, 0.3) is 0 Å². The minimum atomic E-state index is -1.21. The third-order valence-electron chi connectivity index (χ3n) is 5.19. The molecule has 0 aromatic heterocycles. The van der Waals surface area contributed by atoms with Crippen LogP contribution in [0, 0.1) is 0 Å².